The maximum Gasteiger partial charge on any atom is 0.416 e. The third kappa shape index (κ3) is 6.24. The van der Waals surface area contributed by atoms with Gasteiger partial charge in [-0.15, -0.1) is 0 Å². The zero-order valence-electron chi connectivity index (χ0n) is 22.2. The molecule has 0 radical (unpaired) electrons. The number of anilines is 1. The largest absolute Gasteiger partial charge is 0.457 e. The van der Waals surface area contributed by atoms with Gasteiger partial charge in [-0.2, -0.15) is 13.2 Å². The highest BCUT2D eigenvalue weighted by molar-refractivity contribution is 6.06. The quantitative estimate of drug-likeness (QED) is 0.479. The smallest absolute Gasteiger partial charge is 0.416 e. The van der Waals surface area contributed by atoms with Gasteiger partial charge in [-0.1, -0.05) is 19.1 Å². The molecule has 1 fully saturated rings. The van der Waals surface area contributed by atoms with Crippen LogP contribution in [-0.4, -0.2) is 54.3 Å². The Hall–Kier alpha value is -4.02. The molecule has 10 heteroatoms. The van der Waals surface area contributed by atoms with Crippen LogP contribution in [0.3, 0.4) is 0 Å². The van der Waals surface area contributed by atoms with E-state index in [-0.39, 0.29) is 23.6 Å². The monoisotopic (exact) mass is 550 g/mol. The van der Waals surface area contributed by atoms with Crippen LogP contribution in [0.2, 0.25) is 0 Å². The summed E-state index contributed by atoms with van der Waals surface area (Å²) in [5.74, 6) is -0.0540. The molecule has 0 saturated carbocycles. The number of ether oxygens (including phenoxy) is 1. The van der Waals surface area contributed by atoms with E-state index >= 15 is 0 Å². The molecule has 0 unspecified atom stereocenters. The number of rotatable bonds is 7. The fourth-order valence-electron chi connectivity index (χ4n) is 4.84. The zero-order chi connectivity index (χ0) is 28.4. The van der Waals surface area contributed by atoms with Gasteiger partial charge in [-0.3, -0.25) is 14.5 Å². The second-order valence-corrected chi connectivity index (χ2v) is 9.93. The minimum Gasteiger partial charge on any atom is -0.457 e. The van der Waals surface area contributed by atoms with Crippen LogP contribution in [0.15, 0.2) is 59.6 Å². The Morgan fingerprint density at radius 2 is 1.75 bits per heavy atom. The lowest BCUT2D eigenvalue weighted by molar-refractivity contribution is -0.138. The first-order valence-corrected chi connectivity index (χ1v) is 13.1. The Morgan fingerprint density at radius 1 is 1.00 bits per heavy atom. The van der Waals surface area contributed by atoms with Crippen molar-refractivity contribution in [3.05, 3.63) is 87.4 Å². The first kappa shape index (κ1) is 27.5. The maximum atomic E-state index is 14.0. The molecule has 5 rings (SSSR count). The summed E-state index contributed by atoms with van der Waals surface area (Å²) in [6.07, 6.45) is -3.18. The van der Waals surface area contributed by atoms with Crippen LogP contribution in [0.4, 0.5) is 18.9 Å². The van der Waals surface area contributed by atoms with Crippen molar-refractivity contribution in [3.63, 3.8) is 0 Å². The van der Waals surface area contributed by atoms with Gasteiger partial charge in [0.1, 0.15) is 11.5 Å². The van der Waals surface area contributed by atoms with E-state index in [0.29, 0.717) is 40.9 Å². The van der Waals surface area contributed by atoms with E-state index in [2.05, 4.69) is 22.1 Å². The van der Waals surface area contributed by atoms with Crippen molar-refractivity contribution in [1.82, 2.24) is 9.80 Å². The normalized spacial score (nSPS) is 15.8. The van der Waals surface area contributed by atoms with Gasteiger partial charge in [0.2, 0.25) is 0 Å². The number of halogens is 3. The molecule has 3 aromatic rings. The summed E-state index contributed by atoms with van der Waals surface area (Å²) in [5.41, 5.74) is 0.421. The summed E-state index contributed by atoms with van der Waals surface area (Å²) in [7, 11) is 0. The van der Waals surface area contributed by atoms with Gasteiger partial charge in [0, 0.05) is 61.3 Å². The molecular weight excluding hydrogens is 521 g/mol. The SMILES string of the molecule is CCN1CCN(Cc2ccc(C(=O)Nc3ccc(C)c(Oc4ccc5c(c4)=CC(=O)N=5)c3)cc2C(F)(F)F)CC1. The van der Waals surface area contributed by atoms with Crippen molar-refractivity contribution >= 4 is 23.6 Å². The molecule has 7 nitrogen and oxygen atoms in total. The van der Waals surface area contributed by atoms with Crippen LogP contribution >= 0.6 is 0 Å². The zero-order valence-corrected chi connectivity index (χ0v) is 22.2. The lowest BCUT2D eigenvalue weighted by atomic mass is 10.0. The number of hydrogen-bond donors (Lipinski definition) is 1. The van der Waals surface area contributed by atoms with E-state index in [4.69, 9.17) is 4.74 Å². The maximum absolute atomic E-state index is 14.0. The molecule has 0 spiro atoms. The average molecular weight is 551 g/mol. The highest BCUT2D eigenvalue weighted by atomic mass is 19.4. The summed E-state index contributed by atoms with van der Waals surface area (Å²) in [6, 6.07) is 13.8. The first-order valence-electron chi connectivity index (χ1n) is 13.1. The lowest BCUT2D eigenvalue weighted by Crippen LogP contribution is -2.45. The first-order chi connectivity index (χ1) is 19.1. The van der Waals surface area contributed by atoms with Gasteiger partial charge in [0.15, 0.2) is 0 Å². The molecule has 2 heterocycles. The number of benzene rings is 3. The number of amides is 2. The molecule has 0 aliphatic carbocycles. The molecule has 0 aromatic heterocycles. The fourth-order valence-corrected chi connectivity index (χ4v) is 4.84. The third-order valence-electron chi connectivity index (χ3n) is 7.17. The van der Waals surface area contributed by atoms with E-state index < -0.39 is 17.6 Å². The standard InChI is InChI=1S/C30H29F3N4O3/c1-3-36-10-12-37(13-11-36)18-21-6-5-20(15-25(21)30(31,32)33)29(39)34-23-7-4-19(2)27(17-23)40-24-8-9-26-22(14-24)16-28(38)35-26/h4-9,14-17H,3,10-13,18H2,1-2H3,(H,34,39). The minimum atomic E-state index is -4.59. The summed E-state index contributed by atoms with van der Waals surface area (Å²) < 4.78 is 48.0. The van der Waals surface area contributed by atoms with E-state index in [0.717, 1.165) is 31.3 Å². The van der Waals surface area contributed by atoms with Crippen molar-refractivity contribution in [2.24, 2.45) is 4.99 Å². The van der Waals surface area contributed by atoms with Gasteiger partial charge in [-0.25, -0.2) is 4.99 Å². The molecule has 2 aliphatic rings. The number of fused-ring (bicyclic) bond motifs is 1. The molecule has 208 valence electrons. The second kappa shape index (κ2) is 11.2. The number of alkyl halides is 3. The Labute approximate surface area is 229 Å². The number of likely N-dealkylation sites (N-methyl/N-ethyl adjacent to an activating group) is 1. The number of piperazine rings is 1. The summed E-state index contributed by atoms with van der Waals surface area (Å²) in [4.78, 5) is 32.7. The van der Waals surface area contributed by atoms with Crippen LogP contribution in [0.5, 0.6) is 11.5 Å². The van der Waals surface area contributed by atoms with Crippen molar-refractivity contribution < 1.29 is 27.5 Å². The summed E-state index contributed by atoms with van der Waals surface area (Å²) in [5, 5.41) is 3.90. The van der Waals surface area contributed by atoms with Gasteiger partial charge in [0.05, 0.1) is 10.9 Å². The third-order valence-corrected chi connectivity index (χ3v) is 7.17. The van der Waals surface area contributed by atoms with Crippen molar-refractivity contribution in [2.75, 3.05) is 38.0 Å². The number of hydrogen-bond acceptors (Lipinski definition) is 5. The van der Waals surface area contributed by atoms with Gasteiger partial charge in [-0.05, 0) is 61.0 Å². The van der Waals surface area contributed by atoms with Crippen molar-refractivity contribution in [2.45, 2.75) is 26.6 Å². The molecular formula is C30H29F3N4O3. The molecule has 2 aliphatic heterocycles. The number of aryl methyl sites for hydroxylation is 1. The van der Waals surface area contributed by atoms with Crippen molar-refractivity contribution in [1.29, 1.82) is 0 Å². The number of nitrogens with zero attached hydrogens (tertiary/aromatic N) is 3. The average Bonchev–Trinajstić information content (AvgIpc) is 3.30. The lowest BCUT2D eigenvalue weighted by Gasteiger charge is -2.34. The van der Waals surface area contributed by atoms with E-state index in [1.165, 1.54) is 18.2 Å². The van der Waals surface area contributed by atoms with E-state index in [9.17, 15) is 22.8 Å². The predicted octanol–water partition coefficient (Wildman–Crippen LogP) is 4.14. The summed E-state index contributed by atoms with van der Waals surface area (Å²) in [6.45, 7) is 8.03. The fraction of sp³-hybridized carbons (Fsp3) is 0.300. The van der Waals surface area contributed by atoms with Crippen molar-refractivity contribution in [3.8, 4) is 11.5 Å². The minimum absolute atomic E-state index is 0.0857. The van der Waals surface area contributed by atoms with Gasteiger partial charge < -0.3 is 15.0 Å². The molecule has 3 aromatic carbocycles. The molecule has 1 saturated heterocycles. The Bertz CT molecular complexity index is 1580. The van der Waals surface area contributed by atoms with Crippen LogP contribution in [0, 0.1) is 6.92 Å². The molecule has 0 bridgehead atoms. The van der Waals surface area contributed by atoms with E-state index in [1.807, 2.05) is 11.8 Å². The topological polar surface area (TPSA) is 74.2 Å². The van der Waals surface area contributed by atoms with E-state index in [1.54, 1.807) is 36.4 Å². The molecule has 40 heavy (non-hydrogen) atoms. The predicted molar refractivity (Wildman–Crippen MR) is 145 cm³/mol. The van der Waals surface area contributed by atoms with Crippen LogP contribution in [0.1, 0.15) is 34.0 Å². The Balaban J connectivity index is 1.32. The summed E-state index contributed by atoms with van der Waals surface area (Å²) >= 11 is 0. The molecule has 2 amide bonds. The highest BCUT2D eigenvalue weighted by Crippen LogP contribution is 2.34. The number of carbonyl (C=O) groups is 2. The Morgan fingerprint density at radius 3 is 2.48 bits per heavy atom. The van der Waals surface area contributed by atoms with Crippen LogP contribution in [-0.2, 0) is 17.5 Å². The van der Waals surface area contributed by atoms with Crippen LogP contribution in [0.25, 0.3) is 6.08 Å². The number of nitrogens with one attached hydrogen (secondary N) is 1. The van der Waals surface area contributed by atoms with Gasteiger partial charge >= 0.3 is 6.18 Å². The molecule has 0 atom stereocenters. The number of carbonyl (C=O) groups excluding carboxylic acids is 2. The van der Waals surface area contributed by atoms with Crippen LogP contribution < -0.4 is 20.6 Å². The second-order valence-electron chi connectivity index (χ2n) is 9.93. The molecule has 1 N–H and O–H groups in total. The highest BCUT2D eigenvalue weighted by Gasteiger charge is 2.34. The Kier molecular flexibility index (Phi) is 7.73. The van der Waals surface area contributed by atoms with Gasteiger partial charge in [0.25, 0.3) is 11.8 Å².